The second-order valence-corrected chi connectivity index (χ2v) is 6.73. The fourth-order valence-electron chi connectivity index (χ4n) is 3.59. The van der Waals surface area contributed by atoms with Crippen LogP contribution in [0.4, 0.5) is 0 Å². The van der Waals surface area contributed by atoms with Gasteiger partial charge < -0.3 is 15.0 Å². The summed E-state index contributed by atoms with van der Waals surface area (Å²) in [5.74, 6) is -0.513. The van der Waals surface area contributed by atoms with E-state index in [1.54, 1.807) is 18.2 Å². The fourth-order valence-corrected chi connectivity index (χ4v) is 3.59. The molecule has 1 N–H and O–H groups in total. The number of benzene rings is 1. The average Bonchev–Trinajstić information content (AvgIpc) is 3.23. The van der Waals surface area contributed by atoms with Crippen LogP contribution < -0.4 is 5.32 Å². The number of likely N-dealkylation sites (tertiary alicyclic amines) is 1. The Kier molecular flexibility index (Phi) is 6.24. The van der Waals surface area contributed by atoms with Crippen molar-refractivity contribution in [2.75, 3.05) is 26.8 Å². The molecule has 0 saturated carbocycles. The summed E-state index contributed by atoms with van der Waals surface area (Å²) < 4.78 is 6.99. The first-order valence-electron chi connectivity index (χ1n) is 9.21. The second kappa shape index (κ2) is 8.81. The van der Waals surface area contributed by atoms with Crippen molar-refractivity contribution >= 4 is 11.8 Å². The number of amides is 2. The van der Waals surface area contributed by atoms with Crippen LogP contribution in [0.25, 0.3) is 0 Å². The molecule has 144 valence electrons. The van der Waals surface area contributed by atoms with Crippen molar-refractivity contribution in [2.24, 2.45) is 5.92 Å². The molecule has 1 aromatic carbocycles. The van der Waals surface area contributed by atoms with Crippen molar-refractivity contribution in [3.05, 3.63) is 53.9 Å². The van der Waals surface area contributed by atoms with E-state index in [1.807, 2.05) is 48.0 Å². The zero-order valence-electron chi connectivity index (χ0n) is 15.8. The first-order chi connectivity index (χ1) is 13.1. The molecule has 0 radical (unpaired) electrons. The van der Waals surface area contributed by atoms with Gasteiger partial charge in [-0.15, -0.1) is 0 Å². The number of methoxy groups -OCH3 is 1. The molecule has 2 heterocycles. The Morgan fingerprint density at radius 3 is 2.70 bits per heavy atom. The van der Waals surface area contributed by atoms with Crippen molar-refractivity contribution < 1.29 is 14.3 Å². The van der Waals surface area contributed by atoms with Crippen LogP contribution >= 0.6 is 0 Å². The van der Waals surface area contributed by atoms with Crippen LogP contribution in [0.3, 0.4) is 0 Å². The number of nitrogens with one attached hydrogen (secondary N) is 1. The first kappa shape index (κ1) is 19.1. The van der Waals surface area contributed by atoms with Gasteiger partial charge in [0.25, 0.3) is 0 Å². The summed E-state index contributed by atoms with van der Waals surface area (Å²) in [5, 5.41) is 7.20. The Labute approximate surface area is 159 Å². The second-order valence-electron chi connectivity index (χ2n) is 6.73. The molecule has 1 fully saturated rings. The van der Waals surface area contributed by atoms with Crippen molar-refractivity contribution in [1.82, 2.24) is 20.0 Å². The summed E-state index contributed by atoms with van der Waals surface area (Å²) in [5.41, 5.74) is 2.02. The Balaban J connectivity index is 1.70. The molecule has 7 nitrogen and oxygen atoms in total. The highest BCUT2D eigenvalue weighted by Gasteiger charge is 2.44. The van der Waals surface area contributed by atoms with Gasteiger partial charge in [0.15, 0.2) is 0 Å². The molecule has 0 aliphatic carbocycles. The van der Waals surface area contributed by atoms with Crippen molar-refractivity contribution in [3.63, 3.8) is 0 Å². The topological polar surface area (TPSA) is 76.5 Å². The zero-order valence-corrected chi connectivity index (χ0v) is 15.8. The number of nitrogens with zero attached hydrogens (tertiary/aromatic N) is 3. The van der Waals surface area contributed by atoms with Crippen LogP contribution in [-0.2, 0) is 20.9 Å². The van der Waals surface area contributed by atoms with E-state index >= 15 is 0 Å². The molecule has 0 bridgehead atoms. The Bertz CT molecular complexity index is 775. The normalized spacial score (nSPS) is 19.5. The van der Waals surface area contributed by atoms with Gasteiger partial charge in [0, 0.05) is 38.5 Å². The van der Waals surface area contributed by atoms with E-state index < -0.39 is 5.92 Å². The van der Waals surface area contributed by atoms with Gasteiger partial charge in [0.05, 0.1) is 25.1 Å². The monoisotopic (exact) mass is 370 g/mol. The van der Waals surface area contributed by atoms with E-state index in [4.69, 9.17) is 4.74 Å². The molecule has 3 rings (SSSR count). The maximum atomic E-state index is 12.9. The number of carbonyl (C=O) groups excluding carboxylic acids is 2. The summed E-state index contributed by atoms with van der Waals surface area (Å²) in [4.78, 5) is 27.2. The van der Waals surface area contributed by atoms with Crippen LogP contribution in [-0.4, -0.2) is 53.3 Å². The maximum absolute atomic E-state index is 12.9. The predicted molar refractivity (Wildman–Crippen MR) is 101 cm³/mol. The van der Waals surface area contributed by atoms with Gasteiger partial charge in [-0.3, -0.25) is 14.3 Å². The van der Waals surface area contributed by atoms with Gasteiger partial charge in [-0.05, 0) is 18.6 Å². The highest BCUT2D eigenvalue weighted by Crippen LogP contribution is 2.38. The van der Waals surface area contributed by atoms with Gasteiger partial charge in [-0.2, -0.15) is 5.10 Å². The Morgan fingerprint density at radius 1 is 1.26 bits per heavy atom. The third-order valence-electron chi connectivity index (χ3n) is 5.00. The third-order valence-corrected chi connectivity index (χ3v) is 5.00. The number of hydrogen-bond acceptors (Lipinski definition) is 4. The predicted octanol–water partition coefficient (Wildman–Crippen LogP) is 1.54. The van der Waals surface area contributed by atoms with Crippen LogP contribution in [0.15, 0.2) is 42.6 Å². The largest absolute Gasteiger partial charge is 0.383 e. The maximum Gasteiger partial charge on any atom is 0.226 e. The van der Waals surface area contributed by atoms with Crippen molar-refractivity contribution in [1.29, 1.82) is 0 Å². The summed E-state index contributed by atoms with van der Waals surface area (Å²) in [7, 11) is 1.61. The molecule has 2 atom stereocenters. The summed E-state index contributed by atoms with van der Waals surface area (Å²) in [6.45, 7) is 3.98. The minimum absolute atomic E-state index is 0.0102. The van der Waals surface area contributed by atoms with Crippen LogP contribution in [0.2, 0.25) is 0 Å². The highest BCUT2D eigenvalue weighted by molar-refractivity contribution is 5.90. The molecule has 2 amide bonds. The van der Waals surface area contributed by atoms with Crippen LogP contribution in [0.5, 0.6) is 0 Å². The molecule has 1 aliphatic rings. The molecule has 1 saturated heterocycles. The standard InChI is InChI=1S/C20H26N4O3/c1-15-8-9-22-24(15)11-10-21-20(26)17-14-18(25)23(12-13-27-2)19(17)16-6-4-3-5-7-16/h3-9,17,19H,10-14H2,1-2H3,(H,21,26)/t17-,19+/m1/s1. The number of carbonyl (C=O) groups is 2. The van der Waals surface area contributed by atoms with Gasteiger partial charge in [0.1, 0.15) is 0 Å². The molecule has 2 aromatic rings. The van der Waals surface area contributed by atoms with Crippen molar-refractivity contribution in [3.8, 4) is 0 Å². The zero-order chi connectivity index (χ0) is 19.2. The molecule has 0 spiro atoms. The van der Waals surface area contributed by atoms with Crippen LogP contribution in [0.1, 0.15) is 23.7 Å². The number of rotatable bonds is 8. The van der Waals surface area contributed by atoms with E-state index in [9.17, 15) is 9.59 Å². The minimum atomic E-state index is -0.407. The van der Waals surface area contributed by atoms with Gasteiger partial charge in [0.2, 0.25) is 11.8 Å². The molecule has 1 aromatic heterocycles. The SMILES string of the molecule is COCCN1C(=O)C[C@@H](C(=O)NCCn2nccc2C)[C@@H]1c1ccccc1. The van der Waals surface area contributed by atoms with Crippen molar-refractivity contribution in [2.45, 2.75) is 25.9 Å². The van der Waals surface area contributed by atoms with Gasteiger partial charge >= 0.3 is 0 Å². The number of hydrogen-bond donors (Lipinski definition) is 1. The minimum Gasteiger partial charge on any atom is -0.383 e. The van der Waals surface area contributed by atoms with Gasteiger partial charge in [-0.25, -0.2) is 0 Å². The quantitative estimate of drug-likeness (QED) is 0.765. The molecule has 7 heteroatoms. The lowest BCUT2D eigenvalue weighted by Crippen LogP contribution is -2.38. The molecule has 27 heavy (non-hydrogen) atoms. The number of ether oxygens (including phenoxy) is 1. The lowest BCUT2D eigenvalue weighted by atomic mass is 9.93. The fraction of sp³-hybridized carbons (Fsp3) is 0.450. The Hall–Kier alpha value is -2.67. The lowest BCUT2D eigenvalue weighted by Gasteiger charge is -2.28. The Morgan fingerprint density at radius 2 is 2.04 bits per heavy atom. The number of aryl methyl sites for hydroxylation is 1. The van der Waals surface area contributed by atoms with Gasteiger partial charge in [-0.1, -0.05) is 30.3 Å². The molecular formula is C20H26N4O3. The molecule has 1 aliphatic heterocycles. The van der Waals surface area contributed by atoms with E-state index in [2.05, 4.69) is 10.4 Å². The lowest BCUT2D eigenvalue weighted by molar-refractivity contribution is -0.129. The van der Waals surface area contributed by atoms with E-state index in [1.165, 1.54) is 0 Å². The summed E-state index contributed by atoms with van der Waals surface area (Å²) in [6, 6.07) is 11.4. The van der Waals surface area contributed by atoms with Crippen LogP contribution in [0, 0.1) is 12.8 Å². The summed E-state index contributed by atoms with van der Waals surface area (Å²) >= 11 is 0. The molecule has 0 unspecified atom stereocenters. The number of aromatic nitrogens is 2. The van der Waals surface area contributed by atoms with E-state index in [-0.39, 0.29) is 24.3 Å². The molecular weight excluding hydrogens is 344 g/mol. The average molecular weight is 370 g/mol. The van der Waals surface area contributed by atoms with E-state index in [0.29, 0.717) is 26.2 Å². The first-order valence-corrected chi connectivity index (χ1v) is 9.21. The smallest absolute Gasteiger partial charge is 0.226 e. The summed E-state index contributed by atoms with van der Waals surface area (Å²) in [6.07, 6.45) is 1.96. The van der Waals surface area contributed by atoms with E-state index in [0.717, 1.165) is 11.3 Å². The highest BCUT2D eigenvalue weighted by atomic mass is 16.5. The third kappa shape index (κ3) is 4.36.